The number of rotatable bonds is 5. The van der Waals surface area contributed by atoms with Crippen molar-refractivity contribution in [2.24, 2.45) is 5.73 Å². The normalized spacial score (nSPS) is 8.18. The SMILES string of the molecule is C=CO.CCCSSCCN. The first-order chi connectivity index (χ1) is 5.33. The maximum Gasteiger partial charge on any atom is 0.0719 e. The van der Waals surface area contributed by atoms with E-state index in [9.17, 15) is 0 Å². The third kappa shape index (κ3) is 25.4. The second-order valence-corrected chi connectivity index (χ2v) is 4.32. The molecular formula is C7H17NOS2. The summed E-state index contributed by atoms with van der Waals surface area (Å²) < 4.78 is 0. The monoisotopic (exact) mass is 195 g/mol. The third-order valence-electron chi connectivity index (χ3n) is 0.572. The molecule has 0 aliphatic carbocycles. The van der Waals surface area contributed by atoms with E-state index in [1.807, 2.05) is 21.6 Å². The van der Waals surface area contributed by atoms with Gasteiger partial charge >= 0.3 is 0 Å². The van der Waals surface area contributed by atoms with Gasteiger partial charge in [0.25, 0.3) is 0 Å². The van der Waals surface area contributed by atoms with E-state index in [2.05, 4.69) is 13.5 Å². The summed E-state index contributed by atoms with van der Waals surface area (Å²) in [6.45, 7) is 5.91. The fraction of sp³-hybridized carbons (Fsp3) is 0.714. The van der Waals surface area contributed by atoms with E-state index >= 15 is 0 Å². The topological polar surface area (TPSA) is 46.2 Å². The van der Waals surface area contributed by atoms with E-state index in [0.29, 0.717) is 0 Å². The molecule has 0 spiro atoms. The van der Waals surface area contributed by atoms with Gasteiger partial charge in [-0.3, -0.25) is 0 Å². The summed E-state index contributed by atoms with van der Waals surface area (Å²) in [5.74, 6) is 2.34. The van der Waals surface area contributed by atoms with Crippen LogP contribution in [0.25, 0.3) is 0 Å². The molecule has 11 heavy (non-hydrogen) atoms. The Bertz CT molecular complexity index is 65.5. The summed E-state index contributed by atoms with van der Waals surface area (Å²) in [6, 6.07) is 0. The van der Waals surface area contributed by atoms with E-state index in [1.165, 1.54) is 12.2 Å². The van der Waals surface area contributed by atoms with E-state index in [0.717, 1.165) is 18.6 Å². The molecule has 0 aliphatic heterocycles. The Morgan fingerprint density at radius 3 is 2.27 bits per heavy atom. The van der Waals surface area contributed by atoms with Crippen molar-refractivity contribution in [2.75, 3.05) is 18.1 Å². The average molecular weight is 195 g/mol. The predicted octanol–water partition coefficient (Wildman–Crippen LogP) is 2.42. The van der Waals surface area contributed by atoms with Gasteiger partial charge in [-0.25, -0.2) is 0 Å². The average Bonchev–Trinajstić information content (AvgIpc) is 2.00. The van der Waals surface area contributed by atoms with Crippen LogP contribution in [0.5, 0.6) is 0 Å². The lowest BCUT2D eigenvalue weighted by Gasteiger charge is -1.93. The summed E-state index contributed by atoms with van der Waals surface area (Å²) >= 11 is 0. The van der Waals surface area contributed by atoms with Crippen LogP contribution in [-0.2, 0) is 0 Å². The lowest BCUT2D eigenvalue weighted by molar-refractivity contribution is 0.476. The number of hydrogen-bond acceptors (Lipinski definition) is 4. The molecule has 0 aromatic heterocycles. The van der Waals surface area contributed by atoms with Gasteiger partial charge in [-0.2, -0.15) is 0 Å². The second kappa shape index (κ2) is 16.7. The molecule has 2 nitrogen and oxygen atoms in total. The number of hydrogen-bond donors (Lipinski definition) is 2. The molecule has 0 unspecified atom stereocenters. The minimum Gasteiger partial charge on any atom is -0.516 e. The van der Waals surface area contributed by atoms with Gasteiger partial charge in [0.05, 0.1) is 6.26 Å². The van der Waals surface area contributed by atoms with Crippen LogP contribution in [0.1, 0.15) is 13.3 Å². The number of aliphatic hydroxyl groups is 1. The van der Waals surface area contributed by atoms with Crippen molar-refractivity contribution in [2.45, 2.75) is 13.3 Å². The highest BCUT2D eigenvalue weighted by Crippen LogP contribution is 2.20. The highest BCUT2D eigenvalue weighted by Gasteiger charge is 1.83. The molecule has 0 amide bonds. The quantitative estimate of drug-likeness (QED) is 0.402. The van der Waals surface area contributed by atoms with Crippen LogP contribution in [0.2, 0.25) is 0 Å². The van der Waals surface area contributed by atoms with E-state index in [1.54, 1.807) is 0 Å². The van der Waals surface area contributed by atoms with Crippen molar-refractivity contribution in [3.8, 4) is 0 Å². The standard InChI is InChI=1S/C5H13NS2.C2H4O/c1-2-4-7-8-5-3-6;1-2-3/h2-6H2,1H3;2-3H,1H2. The fourth-order valence-electron chi connectivity index (χ4n) is 0.249. The minimum absolute atomic E-state index is 0.750. The zero-order valence-electron chi connectivity index (χ0n) is 6.95. The Hall–Kier alpha value is 0.200. The second-order valence-electron chi connectivity index (χ2n) is 1.62. The zero-order valence-corrected chi connectivity index (χ0v) is 8.59. The molecule has 0 saturated carbocycles. The summed E-state index contributed by atoms with van der Waals surface area (Å²) in [5.41, 5.74) is 5.28. The number of nitrogens with two attached hydrogens (primary N) is 1. The number of aliphatic hydroxyl groups excluding tert-OH is 1. The maximum absolute atomic E-state index is 7.33. The van der Waals surface area contributed by atoms with Gasteiger partial charge in [0, 0.05) is 18.1 Å². The van der Waals surface area contributed by atoms with Gasteiger partial charge in [-0.05, 0) is 6.42 Å². The van der Waals surface area contributed by atoms with Crippen LogP contribution < -0.4 is 5.73 Å². The van der Waals surface area contributed by atoms with Crippen molar-refractivity contribution < 1.29 is 5.11 Å². The van der Waals surface area contributed by atoms with Crippen LogP contribution >= 0.6 is 21.6 Å². The molecule has 4 heteroatoms. The molecule has 0 saturated heterocycles. The Morgan fingerprint density at radius 2 is 1.91 bits per heavy atom. The summed E-state index contributed by atoms with van der Waals surface area (Å²) in [5, 5.41) is 7.33. The van der Waals surface area contributed by atoms with Crippen molar-refractivity contribution in [1.82, 2.24) is 0 Å². The lowest BCUT2D eigenvalue weighted by atomic mass is 10.6. The van der Waals surface area contributed by atoms with Crippen LogP contribution in [0.4, 0.5) is 0 Å². The predicted molar refractivity (Wildman–Crippen MR) is 57.1 cm³/mol. The van der Waals surface area contributed by atoms with Crippen LogP contribution in [-0.4, -0.2) is 23.2 Å². The van der Waals surface area contributed by atoms with Crippen molar-refractivity contribution in [3.05, 3.63) is 12.8 Å². The zero-order chi connectivity index (χ0) is 8.95. The van der Waals surface area contributed by atoms with E-state index in [-0.39, 0.29) is 0 Å². The molecule has 0 aliphatic rings. The first-order valence-corrected chi connectivity index (χ1v) is 6.01. The molecule has 0 bridgehead atoms. The van der Waals surface area contributed by atoms with E-state index < -0.39 is 0 Å². The Balaban J connectivity index is 0. The Kier molecular flexibility index (Phi) is 20.8. The van der Waals surface area contributed by atoms with Gasteiger partial charge in [0.15, 0.2) is 0 Å². The van der Waals surface area contributed by atoms with E-state index in [4.69, 9.17) is 10.8 Å². The highest BCUT2D eigenvalue weighted by atomic mass is 33.1. The smallest absolute Gasteiger partial charge is 0.0719 e. The summed E-state index contributed by atoms with van der Waals surface area (Å²) in [6.07, 6.45) is 2.02. The largest absolute Gasteiger partial charge is 0.516 e. The Morgan fingerprint density at radius 1 is 1.45 bits per heavy atom. The molecule has 0 radical (unpaired) electrons. The molecular weight excluding hydrogens is 178 g/mol. The molecule has 0 rings (SSSR count). The molecule has 0 atom stereocenters. The van der Waals surface area contributed by atoms with Gasteiger partial charge in [0.2, 0.25) is 0 Å². The van der Waals surface area contributed by atoms with Gasteiger partial charge < -0.3 is 10.8 Å². The molecule has 68 valence electrons. The molecule has 0 heterocycles. The Labute approximate surface area is 77.0 Å². The van der Waals surface area contributed by atoms with Crippen molar-refractivity contribution in [3.63, 3.8) is 0 Å². The molecule has 3 N–H and O–H groups in total. The first-order valence-electron chi connectivity index (χ1n) is 3.53. The summed E-state index contributed by atoms with van der Waals surface area (Å²) in [4.78, 5) is 0. The van der Waals surface area contributed by atoms with Crippen LogP contribution in [0.15, 0.2) is 12.8 Å². The molecule has 0 fully saturated rings. The highest BCUT2D eigenvalue weighted by molar-refractivity contribution is 8.76. The first kappa shape index (κ1) is 13.8. The minimum atomic E-state index is 0.750. The maximum atomic E-state index is 7.33. The van der Waals surface area contributed by atoms with Crippen LogP contribution in [0.3, 0.4) is 0 Å². The molecule has 0 aromatic rings. The van der Waals surface area contributed by atoms with Crippen molar-refractivity contribution >= 4 is 21.6 Å². The van der Waals surface area contributed by atoms with Gasteiger partial charge in [-0.1, -0.05) is 35.1 Å². The van der Waals surface area contributed by atoms with Gasteiger partial charge in [0.1, 0.15) is 0 Å². The van der Waals surface area contributed by atoms with Gasteiger partial charge in [-0.15, -0.1) is 0 Å². The molecule has 0 aromatic carbocycles. The van der Waals surface area contributed by atoms with Crippen molar-refractivity contribution in [1.29, 1.82) is 0 Å². The third-order valence-corrected chi connectivity index (χ3v) is 3.22. The fourth-order valence-corrected chi connectivity index (χ4v) is 2.24. The lowest BCUT2D eigenvalue weighted by Crippen LogP contribution is -1.99. The summed E-state index contributed by atoms with van der Waals surface area (Å²) in [7, 11) is 3.78. The van der Waals surface area contributed by atoms with Crippen LogP contribution in [0, 0.1) is 0 Å².